The predicted molar refractivity (Wildman–Crippen MR) is 99.7 cm³/mol. The predicted octanol–water partition coefficient (Wildman–Crippen LogP) is 2.78. The largest absolute Gasteiger partial charge is 0.352 e. The lowest BCUT2D eigenvalue weighted by Gasteiger charge is -2.18. The molecule has 130 valence electrons. The molecule has 0 saturated carbocycles. The van der Waals surface area contributed by atoms with Gasteiger partial charge in [-0.25, -0.2) is 9.97 Å². The first kappa shape index (κ1) is 16.1. The SMILES string of the molecule is CCc1cc(N(C)Cc2nnc3ccccn23)nc(-c2ccncc2)n1. The second-order valence-corrected chi connectivity index (χ2v) is 6.03. The number of nitrogens with zero attached hydrogens (tertiary/aromatic N) is 7. The van der Waals surface area contributed by atoms with Crippen LogP contribution in [0.25, 0.3) is 17.0 Å². The highest BCUT2D eigenvalue weighted by Gasteiger charge is 2.13. The third-order valence-electron chi connectivity index (χ3n) is 4.22. The summed E-state index contributed by atoms with van der Waals surface area (Å²) in [7, 11) is 2.00. The van der Waals surface area contributed by atoms with Gasteiger partial charge < -0.3 is 4.90 Å². The number of pyridine rings is 2. The molecule has 0 aliphatic rings. The van der Waals surface area contributed by atoms with E-state index in [1.807, 2.05) is 54.0 Å². The van der Waals surface area contributed by atoms with Crippen molar-refractivity contribution in [2.24, 2.45) is 0 Å². The first-order valence-electron chi connectivity index (χ1n) is 8.52. The number of hydrogen-bond donors (Lipinski definition) is 0. The molecule has 0 fully saturated rings. The minimum Gasteiger partial charge on any atom is -0.352 e. The van der Waals surface area contributed by atoms with Gasteiger partial charge in [0.15, 0.2) is 17.3 Å². The first-order chi connectivity index (χ1) is 12.7. The Balaban J connectivity index is 1.68. The Morgan fingerprint density at radius 1 is 1.04 bits per heavy atom. The minimum atomic E-state index is 0.598. The Bertz CT molecular complexity index is 1030. The van der Waals surface area contributed by atoms with E-state index in [2.05, 4.69) is 32.0 Å². The van der Waals surface area contributed by atoms with Crippen molar-refractivity contribution in [1.29, 1.82) is 0 Å². The summed E-state index contributed by atoms with van der Waals surface area (Å²) in [5.74, 6) is 2.43. The van der Waals surface area contributed by atoms with Gasteiger partial charge >= 0.3 is 0 Å². The molecule has 26 heavy (non-hydrogen) atoms. The zero-order chi connectivity index (χ0) is 17.9. The monoisotopic (exact) mass is 345 g/mol. The molecule has 7 heteroatoms. The fourth-order valence-corrected chi connectivity index (χ4v) is 2.78. The first-order valence-corrected chi connectivity index (χ1v) is 8.52. The van der Waals surface area contributed by atoms with Gasteiger partial charge in [0, 0.05) is 43.0 Å². The molecule has 0 spiro atoms. The average molecular weight is 345 g/mol. The Morgan fingerprint density at radius 2 is 1.88 bits per heavy atom. The normalized spacial score (nSPS) is 11.0. The maximum absolute atomic E-state index is 4.74. The van der Waals surface area contributed by atoms with Crippen LogP contribution in [0.15, 0.2) is 55.0 Å². The van der Waals surface area contributed by atoms with Crippen molar-refractivity contribution in [3.05, 3.63) is 66.5 Å². The molecule has 7 nitrogen and oxygen atoms in total. The fraction of sp³-hybridized carbons (Fsp3) is 0.211. The number of fused-ring (bicyclic) bond motifs is 1. The van der Waals surface area contributed by atoms with E-state index in [9.17, 15) is 0 Å². The smallest absolute Gasteiger partial charge is 0.161 e. The summed E-state index contributed by atoms with van der Waals surface area (Å²) in [6, 6.07) is 11.7. The van der Waals surface area contributed by atoms with Crippen LogP contribution in [-0.4, -0.2) is 36.6 Å². The number of anilines is 1. The molecule has 0 aliphatic carbocycles. The van der Waals surface area contributed by atoms with Gasteiger partial charge in [-0.2, -0.15) is 0 Å². The summed E-state index contributed by atoms with van der Waals surface area (Å²) < 4.78 is 1.99. The van der Waals surface area contributed by atoms with Crippen LogP contribution < -0.4 is 4.90 Å². The molecule has 0 saturated heterocycles. The molecule has 4 rings (SSSR count). The van der Waals surface area contributed by atoms with Crippen LogP contribution in [0.1, 0.15) is 18.4 Å². The van der Waals surface area contributed by atoms with E-state index in [4.69, 9.17) is 4.98 Å². The van der Waals surface area contributed by atoms with Crippen molar-refractivity contribution in [3.63, 3.8) is 0 Å². The Hall–Kier alpha value is -3.35. The van der Waals surface area contributed by atoms with Crippen molar-refractivity contribution in [3.8, 4) is 11.4 Å². The molecule has 4 aromatic heterocycles. The second-order valence-electron chi connectivity index (χ2n) is 6.03. The van der Waals surface area contributed by atoms with Crippen molar-refractivity contribution >= 4 is 11.5 Å². The van der Waals surface area contributed by atoms with E-state index in [-0.39, 0.29) is 0 Å². The van der Waals surface area contributed by atoms with E-state index in [0.717, 1.165) is 35.0 Å². The van der Waals surface area contributed by atoms with Gasteiger partial charge in [-0.1, -0.05) is 13.0 Å². The lowest BCUT2D eigenvalue weighted by atomic mass is 10.2. The van der Waals surface area contributed by atoms with Crippen LogP contribution in [0, 0.1) is 0 Å². The molecule has 0 aromatic carbocycles. The molecule has 0 amide bonds. The molecule has 4 aromatic rings. The topological polar surface area (TPSA) is 72.1 Å². The van der Waals surface area contributed by atoms with E-state index in [1.54, 1.807) is 12.4 Å². The molecular weight excluding hydrogens is 326 g/mol. The molecule has 0 unspecified atom stereocenters. The summed E-state index contributed by atoms with van der Waals surface area (Å²) in [4.78, 5) is 15.5. The van der Waals surface area contributed by atoms with Gasteiger partial charge in [0.1, 0.15) is 5.82 Å². The van der Waals surface area contributed by atoms with E-state index in [0.29, 0.717) is 12.4 Å². The standard InChI is InChI=1S/C19H19N7/c1-3-15-12-17(22-19(21-15)14-7-9-20-10-8-14)25(2)13-18-24-23-16-6-4-5-11-26(16)18/h4-12H,3,13H2,1-2H3. The highest BCUT2D eigenvalue weighted by Crippen LogP contribution is 2.20. The van der Waals surface area contributed by atoms with Gasteiger partial charge in [-0.15, -0.1) is 10.2 Å². The van der Waals surface area contributed by atoms with Gasteiger partial charge in [-0.3, -0.25) is 9.38 Å². The highest BCUT2D eigenvalue weighted by atomic mass is 15.3. The van der Waals surface area contributed by atoms with Crippen LogP contribution >= 0.6 is 0 Å². The number of aromatic nitrogens is 6. The van der Waals surface area contributed by atoms with Gasteiger partial charge in [0.25, 0.3) is 0 Å². The van der Waals surface area contributed by atoms with Crippen LogP contribution in [0.2, 0.25) is 0 Å². The molecule has 0 bridgehead atoms. The fourth-order valence-electron chi connectivity index (χ4n) is 2.78. The maximum atomic E-state index is 4.74. The number of aryl methyl sites for hydroxylation is 1. The molecule has 0 radical (unpaired) electrons. The third kappa shape index (κ3) is 3.11. The van der Waals surface area contributed by atoms with E-state index >= 15 is 0 Å². The molecular formula is C19H19N7. The van der Waals surface area contributed by atoms with Gasteiger partial charge in [0.2, 0.25) is 0 Å². The third-order valence-corrected chi connectivity index (χ3v) is 4.22. The van der Waals surface area contributed by atoms with Crippen LogP contribution in [0.4, 0.5) is 5.82 Å². The summed E-state index contributed by atoms with van der Waals surface area (Å²) in [6.07, 6.45) is 6.32. The van der Waals surface area contributed by atoms with Crippen molar-refractivity contribution < 1.29 is 0 Å². The van der Waals surface area contributed by atoms with Crippen LogP contribution in [-0.2, 0) is 13.0 Å². The van der Waals surface area contributed by atoms with Crippen LogP contribution in [0.3, 0.4) is 0 Å². The van der Waals surface area contributed by atoms with Crippen molar-refractivity contribution in [2.45, 2.75) is 19.9 Å². The summed E-state index contributed by atoms with van der Waals surface area (Å²) in [6.45, 7) is 2.69. The Morgan fingerprint density at radius 3 is 2.69 bits per heavy atom. The van der Waals surface area contributed by atoms with E-state index < -0.39 is 0 Å². The maximum Gasteiger partial charge on any atom is 0.161 e. The van der Waals surface area contributed by atoms with E-state index in [1.165, 1.54) is 0 Å². The molecule has 0 aliphatic heterocycles. The number of rotatable bonds is 5. The summed E-state index contributed by atoms with van der Waals surface area (Å²) in [5.41, 5.74) is 2.79. The average Bonchev–Trinajstić information content (AvgIpc) is 3.11. The van der Waals surface area contributed by atoms with Crippen molar-refractivity contribution in [2.75, 3.05) is 11.9 Å². The summed E-state index contributed by atoms with van der Waals surface area (Å²) >= 11 is 0. The second kappa shape index (κ2) is 6.87. The van der Waals surface area contributed by atoms with Gasteiger partial charge in [-0.05, 0) is 30.7 Å². The highest BCUT2D eigenvalue weighted by molar-refractivity contribution is 5.57. The molecule has 4 heterocycles. The van der Waals surface area contributed by atoms with Crippen LogP contribution in [0.5, 0.6) is 0 Å². The summed E-state index contributed by atoms with van der Waals surface area (Å²) in [5, 5.41) is 8.51. The Labute approximate surface area is 151 Å². The lowest BCUT2D eigenvalue weighted by Crippen LogP contribution is -2.20. The Kier molecular flexibility index (Phi) is 4.27. The lowest BCUT2D eigenvalue weighted by molar-refractivity contribution is 0.804. The van der Waals surface area contributed by atoms with Gasteiger partial charge in [0.05, 0.1) is 6.54 Å². The number of hydrogen-bond acceptors (Lipinski definition) is 6. The zero-order valence-corrected chi connectivity index (χ0v) is 14.7. The molecule has 0 N–H and O–H groups in total. The molecule has 0 atom stereocenters. The quantitative estimate of drug-likeness (QED) is 0.554. The zero-order valence-electron chi connectivity index (χ0n) is 14.7. The minimum absolute atomic E-state index is 0.598. The van der Waals surface area contributed by atoms with Crippen molar-refractivity contribution in [1.82, 2.24) is 29.5 Å².